The van der Waals surface area contributed by atoms with Crippen molar-refractivity contribution in [3.63, 3.8) is 0 Å². The summed E-state index contributed by atoms with van der Waals surface area (Å²) in [4.78, 5) is 2.72. The van der Waals surface area contributed by atoms with Crippen LogP contribution < -0.4 is 10.1 Å². The van der Waals surface area contributed by atoms with Gasteiger partial charge in [0.1, 0.15) is 5.75 Å². The molecule has 1 aromatic heterocycles. The lowest BCUT2D eigenvalue weighted by molar-refractivity contribution is 0.351. The Bertz CT molecular complexity index is 576. The van der Waals surface area contributed by atoms with Gasteiger partial charge in [0.05, 0.1) is 12.6 Å². The molecule has 2 nitrogen and oxygen atoms in total. The number of ether oxygens (including phenoxy) is 1. The first kappa shape index (κ1) is 12.7. The van der Waals surface area contributed by atoms with Gasteiger partial charge in [-0.15, -0.1) is 11.3 Å². The van der Waals surface area contributed by atoms with E-state index in [0.717, 1.165) is 25.3 Å². The maximum absolute atomic E-state index is 5.85. The van der Waals surface area contributed by atoms with Crippen molar-refractivity contribution in [2.45, 2.75) is 26.3 Å². The molecular weight excluding hydrogens is 254 g/mol. The molecule has 0 bridgehead atoms. The van der Waals surface area contributed by atoms with Crippen molar-refractivity contribution in [1.29, 1.82) is 0 Å². The number of hydrogen-bond donors (Lipinski definition) is 1. The third-order valence-corrected chi connectivity index (χ3v) is 4.58. The molecule has 2 heterocycles. The molecule has 1 N–H and O–H groups in total. The minimum atomic E-state index is 0.247. The molecule has 2 aromatic rings. The van der Waals surface area contributed by atoms with Gasteiger partial charge < -0.3 is 10.1 Å². The van der Waals surface area contributed by atoms with E-state index in [-0.39, 0.29) is 6.04 Å². The average molecular weight is 273 g/mol. The maximum Gasteiger partial charge on any atom is 0.127 e. The molecule has 1 aliphatic rings. The third-order valence-electron chi connectivity index (χ3n) is 3.51. The van der Waals surface area contributed by atoms with Crippen molar-refractivity contribution >= 4 is 11.3 Å². The van der Waals surface area contributed by atoms with Crippen molar-refractivity contribution in [1.82, 2.24) is 5.32 Å². The van der Waals surface area contributed by atoms with E-state index in [0.29, 0.717) is 0 Å². The van der Waals surface area contributed by atoms with E-state index in [4.69, 9.17) is 4.74 Å². The summed E-state index contributed by atoms with van der Waals surface area (Å²) >= 11 is 1.86. The Morgan fingerprint density at radius 3 is 2.95 bits per heavy atom. The standard InChI is InChI=1S/C16H19NOS/c1-3-17-15(14-8-7-11(2)19-14)13-6-4-5-12-9-10-18-16(12)13/h4-8,15,17H,3,9-10H2,1-2H3. The van der Waals surface area contributed by atoms with Gasteiger partial charge in [-0.3, -0.25) is 0 Å². The van der Waals surface area contributed by atoms with Crippen LogP contribution in [0.5, 0.6) is 5.75 Å². The zero-order valence-corrected chi connectivity index (χ0v) is 12.2. The Morgan fingerprint density at radius 2 is 2.21 bits per heavy atom. The molecule has 1 unspecified atom stereocenters. The van der Waals surface area contributed by atoms with E-state index in [1.807, 2.05) is 11.3 Å². The largest absolute Gasteiger partial charge is 0.493 e. The molecule has 1 aromatic carbocycles. The molecule has 0 fully saturated rings. The summed E-state index contributed by atoms with van der Waals surface area (Å²) in [6.45, 7) is 6.07. The Kier molecular flexibility index (Phi) is 3.58. The van der Waals surface area contributed by atoms with Gasteiger partial charge in [0.15, 0.2) is 0 Å². The lowest BCUT2D eigenvalue weighted by atomic mass is 10.0. The Hall–Kier alpha value is -1.32. The minimum Gasteiger partial charge on any atom is -0.493 e. The predicted octanol–water partition coefficient (Wildman–Crippen LogP) is 3.69. The minimum absolute atomic E-state index is 0.247. The van der Waals surface area contributed by atoms with Crippen molar-refractivity contribution < 1.29 is 4.74 Å². The second-order valence-corrected chi connectivity index (χ2v) is 6.19. The van der Waals surface area contributed by atoms with Gasteiger partial charge in [-0.2, -0.15) is 0 Å². The van der Waals surface area contributed by atoms with Crippen molar-refractivity contribution in [2.24, 2.45) is 0 Å². The van der Waals surface area contributed by atoms with Crippen LogP contribution in [0, 0.1) is 6.92 Å². The molecule has 3 heteroatoms. The number of rotatable bonds is 4. The highest BCUT2D eigenvalue weighted by Crippen LogP contribution is 2.37. The summed E-state index contributed by atoms with van der Waals surface area (Å²) < 4.78 is 5.85. The van der Waals surface area contributed by atoms with Crippen LogP contribution in [0.3, 0.4) is 0 Å². The molecule has 1 aliphatic heterocycles. The van der Waals surface area contributed by atoms with Crippen molar-refractivity contribution in [3.8, 4) is 5.75 Å². The van der Waals surface area contributed by atoms with E-state index in [2.05, 4.69) is 49.5 Å². The molecular formula is C16H19NOS. The van der Waals surface area contributed by atoms with Gasteiger partial charge in [-0.05, 0) is 31.2 Å². The highest BCUT2D eigenvalue weighted by atomic mass is 32.1. The molecule has 0 aliphatic carbocycles. The van der Waals surface area contributed by atoms with E-state index in [1.165, 1.54) is 20.9 Å². The van der Waals surface area contributed by atoms with Crippen LogP contribution in [0.2, 0.25) is 0 Å². The number of aryl methyl sites for hydroxylation is 1. The zero-order chi connectivity index (χ0) is 13.2. The molecule has 0 radical (unpaired) electrons. The number of thiophene rings is 1. The molecule has 1 atom stereocenters. The molecule has 0 saturated carbocycles. The Morgan fingerprint density at radius 1 is 1.32 bits per heavy atom. The summed E-state index contributed by atoms with van der Waals surface area (Å²) in [6, 6.07) is 11.2. The molecule has 100 valence electrons. The zero-order valence-electron chi connectivity index (χ0n) is 11.4. The van der Waals surface area contributed by atoms with Gasteiger partial charge >= 0.3 is 0 Å². The first-order valence-corrected chi connectivity index (χ1v) is 7.65. The molecule has 19 heavy (non-hydrogen) atoms. The highest BCUT2D eigenvalue weighted by Gasteiger charge is 2.23. The molecule has 0 amide bonds. The summed E-state index contributed by atoms with van der Waals surface area (Å²) in [7, 11) is 0. The van der Waals surface area contributed by atoms with E-state index >= 15 is 0 Å². The number of fused-ring (bicyclic) bond motifs is 1. The number of benzene rings is 1. The summed E-state index contributed by atoms with van der Waals surface area (Å²) in [5.41, 5.74) is 2.62. The second-order valence-electron chi connectivity index (χ2n) is 4.87. The SMILES string of the molecule is CCNC(c1ccc(C)s1)c1cccc2c1OCC2. The maximum atomic E-state index is 5.85. The third kappa shape index (κ3) is 2.40. The fourth-order valence-electron chi connectivity index (χ4n) is 2.64. The lowest BCUT2D eigenvalue weighted by Gasteiger charge is -2.19. The average Bonchev–Trinajstić information content (AvgIpc) is 3.04. The quantitative estimate of drug-likeness (QED) is 0.917. The van der Waals surface area contributed by atoms with E-state index in [9.17, 15) is 0 Å². The smallest absolute Gasteiger partial charge is 0.127 e. The van der Waals surface area contributed by atoms with Gasteiger partial charge in [0.25, 0.3) is 0 Å². The van der Waals surface area contributed by atoms with Crippen LogP contribution >= 0.6 is 11.3 Å². The Balaban J connectivity index is 2.03. The van der Waals surface area contributed by atoms with Gasteiger partial charge in [0, 0.05) is 21.7 Å². The fourth-order valence-corrected chi connectivity index (χ4v) is 3.62. The van der Waals surface area contributed by atoms with Crippen LogP contribution in [0.25, 0.3) is 0 Å². The van der Waals surface area contributed by atoms with Gasteiger partial charge in [0.2, 0.25) is 0 Å². The van der Waals surface area contributed by atoms with Crippen LogP contribution in [-0.2, 0) is 6.42 Å². The molecule has 3 rings (SSSR count). The van der Waals surface area contributed by atoms with Crippen molar-refractivity contribution in [3.05, 3.63) is 51.2 Å². The molecule has 0 spiro atoms. The van der Waals surface area contributed by atoms with Crippen LogP contribution in [0.1, 0.15) is 33.8 Å². The first-order chi connectivity index (χ1) is 9.29. The Labute approximate surface area is 118 Å². The van der Waals surface area contributed by atoms with Crippen LogP contribution in [-0.4, -0.2) is 13.2 Å². The second kappa shape index (κ2) is 5.35. The van der Waals surface area contributed by atoms with Crippen molar-refractivity contribution in [2.75, 3.05) is 13.2 Å². The van der Waals surface area contributed by atoms with Gasteiger partial charge in [-0.1, -0.05) is 25.1 Å². The molecule has 0 saturated heterocycles. The normalized spacial score (nSPS) is 15.1. The summed E-state index contributed by atoms with van der Waals surface area (Å²) in [6.07, 6.45) is 1.03. The number of nitrogens with one attached hydrogen (secondary N) is 1. The number of hydrogen-bond acceptors (Lipinski definition) is 3. The van der Waals surface area contributed by atoms with Crippen LogP contribution in [0.15, 0.2) is 30.3 Å². The predicted molar refractivity (Wildman–Crippen MR) is 80.2 cm³/mol. The van der Waals surface area contributed by atoms with Crippen LogP contribution in [0.4, 0.5) is 0 Å². The monoisotopic (exact) mass is 273 g/mol. The van der Waals surface area contributed by atoms with Gasteiger partial charge in [-0.25, -0.2) is 0 Å². The van der Waals surface area contributed by atoms with E-state index < -0.39 is 0 Å². The highest BCUT2D eigenvalue weighted by molar-refractivity contribution is 7.12. The topological polar surface area (TPSA) is 21.3 Å². The summed E-state index contributed by atoms with van der Waals surface area (Å²) in [5, 5.41) is 3.59. The number of para-hydroxylation sites is 1. The lowest BCUT2D eigenvalue weighted by Crippen LogP contribution is -2.21. The summed E-state index contributed by atoms with van der Waals surface area (Å²) in [5.74, 6) is 1.10. The van der Waals surface area contributed by atoms with E-state index in [1.54, 1.807) is 0 Å². The fraction of sp³-hybridized carbons (Fsp3) is 0.375. The first-order valence-electron chi connectivity index (χ1n) is 6.84.